The first-order chi connectivity index (χ1) is 9.36. The van der Waals surface area contributed by atoms with Gasteiger partial charge in [0.15, 0.2) is 15.6 Å². The van der Waals surface area contributed by atoms with Gasteiger partial charge in [0, 0.05) is 38.0 Å². The van der Waals surface area contributed by atoms with Gasteiger partial charge in [0.2, 0.25) is 0 Å². The summed E-state index contributed by atoms with van der Waals surface area (Å²) in [7, 11) is -1.13. The molecule has 0 aromatic heterocycles. The summed E-state index contributed by atoms with van der Waals surface area (Å²) in [5, 5.41) is 0. The molecule has 1 heterocycles. The van der Waals surface area contributed by atoms with Crippen molar-refractivity contribution >= 4 is 15.6 Å². The van der Waals surface area contributed by atoms with Crippen LogP contribution < -0.4 is 0 Å². The van der Waals surface area contributed by atoms with Gasteiger partial charge in [0.1, 0.15) is 0 Å². The Morgan fingerprint density at radius 1 is 1.10 bits per heavy atom. The van der Waals surface area contributed by atoms with Gasteiger partial charge in [-0.3, -0.25) is 9.69 Å². The minimum Gasteiger partial charge on any atom is -0.304 e. The van der Waals surface area contributed by atoms with Crippen LogP contribution in [0.1, 0.15) is 10.4 Å². The molecule has 110 valence electrons. The van der Waals surface area contributed by atoms with E-state index in [-0.39, 0.29) is 10.7 Å². The molecule has 0 radical (unpaired) electrons. The first-order valence-electron chi connectivity index (χ1n) is 6.60. The van der Waals surface area contributed by atoms with Crippen molar-refractivity contribution < 1.29 is 13.2 Å². The predicted molar refractivity (Wildman–Crippen MR) is 77.8 cm³/mol. The number of carbonyl (C=O) groups is 1. The van der Waals surface area contributed by atoms with Crippen molar-refractivity contribution in [2.45, 2.75) is 4.90 Å². The largest absolute Gasteiger partial charge is 0.304 e. The Morgan fingerprint density at radius 3 is 2.15 bits per heavy atom. The van der Waals surface area contributed by atoms with Crippen molar-refractivity contribution in [3.63, 3.8) is 0 Å². The third-order valence-electron chi connectivity index (χ3n) is 3.57. The first kappa shape index (κ1) is 15.2. The van der Waals surface area contributed by atoms with Crippen LogP contribution in [-0.2, 0) is 9.84 Å². The van der Waals surface area contributed by atoms with Gasteiger partial charge in [-0.25, -0.2) is 8.42 Å². The van der Waals surface area contributed by atoms with E-state index < -0.39 is 9.84 Å². The van der Waals surface area contributed by atoms with Gasteiger partial charge in [0.25, 0.3) is 0 Å². The zero-order chi connectivity index (χ0) is 14.8. The molecule has 6 heteroatoms. The Hall–Kier alpha value is -1.24. The number of benzene rings is 1. The maximum absolute atomic E-state index is 12.2. The van der Waals surface area contributed by atoms with Crippen molar-refractivity contribution in [1.82, 2.24) is 9.80 Å². The molecule has 0 aliphatic carbocycles. The average molecular weight is 296 g/mol. The monoisotopic (exact) mass is 296 g/mol. The second-order valence-corrected chi connectivity index (χ2v) is 7.31. The van der Waals surface area contributed by atoms with Crippen LogP contribution in [0.15, 0.2) is 29.2 Å². The van der Waals surface area contributed by atoms with E-state index in [1.807, 2.05) is 0 Å². The highest BCUT2D eigenvalue weighted by Gasteiger charge is 2.17. The molecular formula is C14H20N2O3S. The minimum atomic E-state index is -3.21. The van der Waals surface area contributed by atoms with E-state index in [0.29, 0.717) is 12.1 Å². The number of carbonyl (C=O) groups excluding carboxylic acids is 1. The fourth-order valence-electron chi connectivity index (χ4n) is 2.19. The molecular weight excluding hydrogens is 276 g/mol. The number of rotatable bonds is 4. The molecule has 5 nitrogen and oxygen atoms in total. The first-order valence-corrected chi connectivity index (χ1v) is 8.49. The summed E-state index contributed by atoms with van der Waals surface area (Å²) < 4.78 is 22.7. The molecule has 0 amide bonds. The molecule has 1 fully saturated rings. The fourth-order valence-corrected chi connectivity index (χ4v) is 2.82. The maximum Gasteiger partial charge on any atom is 0.176 e. The van der Waals surface area contributed by atoms with Crippen LogP contribution in [0.5, 0.6) is 0 Å². The molecule has 1 aromatic carbocycles. The number of ketones is 1. The van der Waals surface area contributed by atoms with Gasteiger partial charge in [-0.2, -0.15) is 0 Å². The molecule has 0 N–H and O–H groups in total. The summed E-state index contributed by atoms with van der Waals surface area (Å²) in [6, 6.07) is 6.17. The van der Waals surface area contributed by atoms with Crippen LogP contribution in [0, 0.1) is 0 Å². The van der Waals surface area contributed by atoms with E-state index in [2.05, 4.69) is 16.8 Å². The molecule has 0 bridgehead atoms. The molecule has 0 saturated carbocycles. The van der Waals surface area contributed by atoms with Crippen LogP contribution in [0.4, 0.5) is 0 Å². The van der Waals surface area contributed by atoms with Gasteiger partial charge in [0.05, 0.1) is 11.4 Å². The maximum atomic E-state index is 12.2. The summed E-state index contributed by atoms with van der Waals surface area (Å²) >= 11 is 0. The Labute approximate surface area is 120 Å². The quantitative estimate of drug-likeness (QED) is 0.758. The SMILES string of the molecule is CN1CCN(CC(=O)c2ccc(S(C)(=O)=O)cc2)CC1. The van der Waals surface area contributed by atoms with Crippen LogP contribution >= 0.6 is 0 Å². The molecule has 0 unspecified atom stereocenters. The smallest absolute Gasteiger partial charge is 0.176 e. The Bertz CT molecular complexity index is 573. The zero-order valence-corrected chi connectivity index (χ0v) is 12.7. The molecule has 0 atom stereocenters. The summed E-state index contributed by atoms with van der Waals surface area (Å²) in [6.45, 7) is 4.12. The number of sulfone groups is 1. The fraction of sp³-hybridized carbons (Fsp3) is 0.500. The molecule has 2 rings (SSSR count). The summed E-state index contributed by atoms with van der Waals surface area (Å²) in [5.74, 6) is 0.0367. The van der Waals surface area contributed by atoms with E-state index in [1.54, 1.807) is 12.1 Å². The lowest BCUT2D eigenvalue weighted by Gasteiger charge is -2.31. The Morgan fingerprint density at radius 2 is 1.65 bits per heavy atom. The number of nitrogens with zero attached hydrogens (tertiary/aromatic N) is 2. The third-order valence-corrected chi connectivity index (χ3v) is 4.70. The lowest BCUT2D eigenvalue weighted by Crippen LogP contribution is -2.46. The molecule has 0 spiro atoms. The molecule has 1 aliphatic rings. The van der Waals surface area contributed by atoms with Crippen molar-refractivity contribution in [3.8, 4) is 0 Å². The molecule has 1 aliphatic heterocycles. The zero-order valence-electron chi connectivity index (χ0n) is 11.9. The summed E-state index contributed by atoms with van der Waals surface area (Å²) in [6.07, 6.45) is 1.16. The second kappa shape index (κ2) is 6.03. The topological polar surface area (TPSA) is 57.7 Å². The van der Waals surface area contributed by atoms with E-state index in [4.69, 9.17) is 0 Å². The van der Waals surface area contributed by atoms with E-state index >= 15 is 0 Å². The van der Waals surface area contributed by atoms with Crippen LogP contribution in [0.2, 0.25) is 0 Å². The standard InChI is InChI=1S/C14H20N2O3S/c1-15-7-9-16(10-8-15)11-14(17)12-3-5-13(6-4-12)20(2,18)19/h3-6H,7-11H2,1-2H3. The van der Waals surface area contributed by atoms with Crippen LogP contribution in [0.25, 0.3) is 0 Å². The van der Waals surface area contributed by atoms with Gasteiger partial charge < -0.3 is 4.90 Å². The van der Waals surface area contributed by atoms with E-state index in [0.717, 1.165) is 32.4 Å². The molecule has 20 heavy (non-hydrogen) atoms. The average Bonchev–Trinajstić information content (AvgIpc) is 2.40. The highest BCUT2D eigenvalue weighted by atomic mass is 32.2. The van der Waals surface area contributed by atoms with Crippen molar-refractivity contribution in [1.29, 1.82) is 0 Å². The highest BCUT2D eigenvalue weighted by molar-refractivity contribution is 7.90. The summed E-state index contributed by atoms with van der Waals surface area (Å²) in [5.41, 5.74) is 0.566. The lowest BCUT2D eigenvalue weighted by atomic mass is 10.1. The number of hydrogen-bond acceptors (Lipinski definition) is 5. The van der Waals surface area contributed by atoms with Crippen molar-refractivity contribution in [2.75, 3.05) is 46.0 Å². The summed E-state index contributed by atoms with van der Waals surface area (Å²) in [4.78, 5) is 16.8. The normalized spacial score (nSPS) is 18.1. The van der Waals surface area contributed by atoms with Gasteiger partial charge >= 0.3 is 0 Å². The van der Waals surface area contributed by atoms with Gasteiger partial charge in [-0.15, -0.1) is 0 Å². The third kappa shape index (κ3) is 3.88. The number of piperazine rings is 1. The highest BCUT2D eigenvalue weighted by Crippen LogP contribution is 2.11. The predicted octanol–water partition coefficient (Wildman–Crippen LogP) is 0.520. The lowest BCUT2D eigenvalue weighted by molar-refractivity contribution is 0.0876. The molecule has 1 saturated heterocycles. The number of hydrogen-bond donors (Lipinski definition) is 0. The van der Waals surface area contributed by atoms with Crippen molar-refractivity contribution in [2.24, 2.45) is 0 Å². The number of Topliss-reactive ketones (excluding diaryl/α,β-unsaturated/α-hetero) is 1. The van der Waals surface area contributed by atoms with Crippen molar-refractivity contribution in [3.05, 3.63) is 29.8 Å². The molecule has 1 aromatic rings. The van der Waals surface area contributed by atoms with Crippen LogP contribution in [0.3, 0.4) is 0 Å². The van der Waals surface area contributed by atoms with Gasteiger partial charge in [-0.1, -0.05) is 12.1 Å². The minimum absolute atomic E-state index is 0.0367. The Balaban J connectivity index is 1.99. The van der Waals surface area contributed by atoms with Crippen LogP contribution in [-0.4, -0.2) is 70.0 Å². The second-order valence-electron chi connectivity index (χ2n) is 5.30. The Kier molecular flexibility index (Phi) is 4.57. The van der Waals surface area contributed by atoms with Gasteiger partial charge in [-0.05, 0) is 19.2 Å². The van der Waals surface area contributed by atoms with E-state index in [9.17, 15) is 13.2 Å². The van der Waals surface area contributed by atoms with E-state index in [1.165, 1.54) is 12.1 Å². The number of likely N-dealkylation sites (N-methyl/N-ethyl adjacent to an activating group) is 1.